The fourth-order valence-corrected chi connectivity index (χ4v) is 3.95. The lowest BCUT2D eigenvalue weighted by molar-refractivity contribution is -0.384. The number of methoxy groups -OCH3 is 1. The van der Waals surface area contributed by atoms with Gasteiger partial charge >= 0.3 is 5.97 Å². The molecule has 1 amide bonds. The van der Waals surface area contributed by atoms with Gasteiger partial charge in [0.05, 0.1) is 16.9 Å². The summed E-state index contributed by atoms with van der Waals surface area (Å²) in [6.07, 6.45) is 1.60. The largest absolute Gasteiger partial charge is 0.493 e. The summed E-state index contributed by atoms with van der Waals surface area (Å²) < 4.78 is 11.3. The number of carboxylic acids is 1. The number of rotatable bonds is 8. The lowest BCUT2D eigenvalue weighted by Crippen LogP contribution is -2.33. The maximum Gasteiger partial charge on any atom is 0.323 e. The van der Waals surface area contributed by atoms with Crippen LogP contribution < -0.4 is 9.47 Å². The van der Waals surface area contributed by atoms with E-state index in [2.05, 4.69) is 0 Å². The summed E-state index contributed by atoms with van der Waals surface area (Å²) in [7, 11) is 1.48. The van der Waals surface area contributed by atoms with Crippen molar-refractivity contribution in [2.75, 3.05) is 13.7 Å². The van der Waals surface area contributed by atoms with Crippen LogP contribution in [0.3, 0.4) is 0 Å². The second kappa shape index (κ2) is 9.58. The van der Waals surface area contributed by atoms with Gasteiger partial charge < -0.3 is 14.6 Å². The van der Waals surface area contributed by atoms with E-state index in [1.165, 1.54) is 19.2 Å². The molecule has 2 aromatic carbocycles. The van der Waals surface area contributed by atoms with Gasteiger partial charge in [0.2, 0.25) is 0 Å². The summed E-state index contributed by atoms with van der Waals surface area (Å²) in [6.45, 7) is -0.303. The van der Waals surface area contributed by atoms with E-state index in [1.54, 1.807) is 36.4 Å². The first kappa shape index (κ1) is 22.2. The van der Waals surface area contributed by atoms with E-state index in [0.717, 1.165) is 22.2 Å². The van der Waals surface area contributed by atoms with Crippen LogP contribution in [-0.2, 0) is 16.2 Å². The molecule has 1 fully saturated rings. The minimum absolute atomic E-state index is 0.000507. The molecule has 0 aliphatic carbocycles. The van der Waals surface area contributed by atoms with Crippen molar-refractivity contribution in [3.05, 3.63) is 68.6 Å². The number of non-ortho nitro benzene ring substituents is 1. The van der Waals surface area contributed by atoms with Crippen molar-refractivity contribution in [3.63, 3.8) is 0 Å². The molecule has 0 saturated carbocycles. The Balaban J connectivity index is 1.73. The first-order valence-corrected chi connectivity index (χ1v) is 10.0. The van der Waals surface area contributed by atoms with Crippen molar-refractivity contribution in [2.45, 2.75) is 6.61 Å². The number of carbonyl (C=O) groups excluding carboxylic acids is 1. The standard InChI is InChI=1S/C20H16N2O7S2/c1-28-16-8-13(9-17-19(25)21(10-18(23)24)20(30)31-17)4-7-15(16)29-11-12-2-5-14(6-3-12)22(26)27/h2-9H,10-11H2,1H3,(H,23,24)/b17-9+. The third-order valence-electron chi connectivity index (χ3n) is 4.19. The Kier molecular flexibility index (Phi) is 6.88. The van der Waals surface area contributed by atoms with Gasteiger partial charge in [-0.05, 0) is 41.5 Å². The number of carbonyl (C=O) groups is 2. The minimum Gasteiger partial charge on any atom is -0.493 e. The molecule has 0 unspecified atom stereocenters. The fourth-order valence-electron chi connectivity index (χ4n) is 2.69. The van der Waals surface area contributed by atoms with E-state index in [0.29, 0.717) is 22.0 Å². The Hall–Kier alpha value is -3.44. The fraction of sp³-hybridized carbons (Fsp3) is 0.150. The van der Waals surface area contributed by atoms with Gasteiger partial charge in [0.25, 0.3) is 11.6 Å². The predicted octanol–water partition coefficient (Wildman–Crippen LogP) is 3.47. The Bertz CT molecular complexity index is 1080. The highest BCUT2D eigenvalue weighted by atomic mass is 32.2. The van der Waals surface area contributed by atoms with Gasteiger partial charge in [0.15, 0.2) is 11.5 Å². The van der Waals surface area contributed by atoms with Crippen molar-refractivity contribution < 1.29 is 29.1 Å². The maximum absolute atomic E-state index is 12.4. The second-order valence-corrected chi connectivity index (χ2v) is 7.96. The van der Waals surface area contributed by atoms with Crippen molar-refractivity contribution in [1.29, 1.82) is 0 Å². The van der Waals surface area contributed by atoms with Gasteiger partial charge in [-0.2, -0.15) is 0 Å². The third-order valence-corrected chi connectivity index (χ3v) is 5.57. The Morgan fingerprint density at radius 2 is 1.97 bits per heavy atom. The molecular formula is C20H16N2O7S2. The molecule has 0 bridgehead atoms. The number of ether oxygens (including phenoxy) is 2. The van der Waals surface area contributed by atoms with E-state index in [4.69, 9.17) is 26.8 Å². The number of aliphatic carboxylic acids is 1. The Morgan fingerprint density at radius 3 is 2.58 bits per heavy atom. The molecule has 160 valence electrons. The van der Waals surface area contributed by atoms with Crippen molar-refractivity contribution in [2.24, 2.45) is 0 Å². The molecule has 1 heterocycles. The Morgan fingerprint density at radius 1 is 1.26 bits per heavy atom. The van der Waals surface area contributed by atoms with Gasteiger partial charge in [0, 0.05) is 12.1 Å². The van der Waals surface area contributed by atoms with Gasteiger partial charge in [-0.3, -0.25) is 24.6 Å². The molecule has 0 aromatic heterocycles. The number of nitro benzene ring substituents is 1. The first-order chi connectivity index (χ1) is 14.8. The number of carboxylic acid groups (broad SMARTS) is 1. The van der Waals surface area contributed by atoms with Crippen LogP contribution in [0.4, 0.5) is 5.69 Å². The van der Waals surface area contributed by atoms with Gasteiger partial charge in [-0.25, -0.2) is 0 Å². The molecule has 0 radical (unpaired) electrons. The van der Waals surface area contributed by atoms with Crippen LogP contribution >= 0.6 is 24.0 Å². The van der Waals surface area contributed by atoms with Crippen LogP contribution in [0.5, 0.6) is 11.5 Å². The quantitative estimate of drug-likeness (QED) is 0.273. The third kappa shape index (κ3) is 5.38. The smallest absolute Gasteiger partial charge is 0.323 e. The molecule has 0 spiro atoms. The summed E-state index contributed by atoms with van der Waals surface area (Å²) in [5.41, 5.74) is 1.40. The summed E-state index contributed by atoms with van der Waals surface area (Å²) in [4.78, 5) is 34.9. The molecule has 11 heteroatoms. The molecule has 3 rings (SSSR count). The highest BCUT2D eigenvalue weighted by molar-refractivity contribution is 8.26. The second-order valence-electron chi connectivity index (χ2n) is 6.28. The van der Waals surface area contributed by atoms with E-state index in [1.807, 2.05) is 0 Å². The zero-order valence-corrected chi connectivity index (χ0v) is 17.8. The van der Waals surface area contributed by atoms with E-state index < -0.39 is 23.3 Å². The molecule has 1 aliphatic rings. The molecule has 1 N–H and O–H groups in total. The molecule has 9 nitrogen and oxygen atoms in total. The average Bonchev–Trinajstić information content (AvgIpc) is 2.99. The molecule has 0 atom stereocenters. The van der Waals surface area contributed by atoms with E-state index >= 15 is 0 Å². The zero-order chi connectivity index (χ0) is 22.5. The van der Waals surface area contributed by atoms with E-state index in [9.17, 15) is 19.7 Å². The number of amides is 1. The average molecular weight is 460 g/mol. The van der Waals surface area contributed by atoms with Crippen molar-refractivity contribution in [1.82, 2.24) is 4.90 Å². The number of hydrogen-bond donors (Lipinski definition) is 1. The molecule has 2 aromatic rings. The highest BCUT2D eigenvalue weighted by Crippen LogP contribution is 2.35. The highest BCUT2D eigenvalue weighted by Gasteiger charge is 2.33. The lowest BCUT2D eigenvalue weighted by atomic mass is 10.1. The van der Waals surface area contributed by atoms with Crippen molar-refractivity contribution in [3.8, 4) is 11.5 Å². The van der Waals surface area contributed by atoms with Crippen LogP contribution in [0, 0.1) is 10.1 Å². The summed E-state index contributed by atoms with van der Waals surface area (Å²) in [5.74, 6) is -0.725. The minimum atomic E-state index is -1.14. The number of nitro groups is 1. The van der Waals surface area contributed by atoms with Crippen LogP contribution in [0.15, 0.2) is 47.4 Å². The van der Waals surface area contributed by atoms with Crippen LogP contribution in [0.1, 0.15) is 11.1 Å². The predicted molar refractivity (Wildman–Crippen MR) is 118 cm³/mol. The maximum atomic E-state index is 12.4. The SMILES string of the molecule is COc1cc(/C=C2/SC(=S)N(CC(=O)O)C2=O)ccc1OCc1ccc([N+](=O)[O-])cc1. The monoisotopic (exact) mass is 460 g/mol. The van der Waals surface area contributed by atoms with Crippen LogP contribution in [-0.4, -0.2) is 44.8 Å². The van der Waals surface area contributed by atoms with E-state index in [-0.39, 0.29) is 16.6 Å². The van der Waals surface area contributed by atoms with Crippen LogP contribution in [0.25, 0.3) is 6.08 Å². The lowest BCUT2D eigenvalue weighted by Gasteiger charge is -2.12. The number of benzene rings is 2. The summed E-state index contributed by atoms with van der Waals surface area (Å²) in [6, 6.07) is 11.1. The number of thioether (sulfide) groups is 1. The topological polar surface area (TPSA) is 119 Å². The normalized spacial score (nSPS) is 14.7. The zero-order valence-electron chi connectivity index (χ0n) is 16.1. The molecule has 31 heavy (non-hydrogen) atoms. The number of nitrogens with zero attached hydrogens (tertiary/aromatic N) is 2. The van der Waals surface area contributed by atoms with Crippen LogP contribution in [0.2, 0.25) is 0 Å². The number of hydrogen-bond acceptors (Lipinski definition) is 8. The molecular weight excluding hydrogens is 444 g/mol. The molecule has 1 aliphatic heterocycles. The summed E-state index contributed by atoms with van der Waals surface area (Å²) >= 11 is 6.12. The van der Waals surface area contributed by atoms with Gasteiger partial charge in [0.1, 0.15) is 17.5 Å². The van der Waals surface area contributed by atoms with Gasteiger partial charge in [-0.1, -0.05) is 30.0 Å². The van der Waals surface area contributed by atoms with Gasteiger partial charge in [-0.15, -0.1) is 0 Å². The summed E-state index contributed by atoms with van der Waals surface area (Å²) in [5, 5.41) is 19.6. The number of thiocarbonyl (C=S) groups is 1. The van der Waals surface area contributed by atoms with Crippen molar-refractivity contribution >= 4 is 51.9 Å². The molecule has 1 saturated heterocycles. The first-order valence-electron chi connectivity index (χ1n) is 8.80. The Labute approximate surface area is 186 Å².